The predicted octanol–water partition coefficient (Wildman–Crippen LogP) is 25.8. The van der Waals surface area contributed by atoms with Gasteiger partial charge in [0.2, 0.25) is 0 Å². The van der Waals surface area contributed by atoms with E-state index in [1.54, 1.807) is 35.2 Å². The summed E-state index contributed by atoms with van der Waals surface area (Å²) in [6.45, 7) is 35.7. The molecule has 0 bridgehead atoms. The summed E-state index contributed by atoms with van der Waals surface area (Å²) in [5, 5.41) is 41.9. The van der Waals surface area contributed by atoms with Crippen molar-refractivity contribution in [2.75, 3.05) is 23.0 Å². The average molecular weight is 1410 g/mol. The normalized spacial score (nSPS) is 18.5. The number of ketones is 2. The molecular weight excluding hydrogens is 1300 g/mol. The number of fused-ring (bicyclic) bond motifs is 5. The van der Waals surface area contributed by atoms with E-state index in [-0.39, 0.29) is 34.5 Å². The fourth-order valence-electron chi connectivity index (χ4n) is 14.0. The number of nitrogens with zero attached hydrogens (tertiary/aromatic N) is 4. The van der Waals surface area contributed by atoms with Gasteiger partial charge >= 0.3 is 0 Å². The number of carbonyl (C=O) groups is 2. The molecule has 1 aliphatic heterocycles. The SMILES string of the molecule is C=C1C=C(/C=C2\C(=O)c3ccccc3C2=C(C#N)C#N)SC2=C(C1=C(SCCC(C)CCCC(C)C)SCCC(C)CCCC(C)C)[C@@H](C)C1C(=C2)C(=C(SCCC(C)CCCC(C)C)SCCC(C)CCCC(C)C)c2cc(/C=C3\C(=O)c4ccccc4C3=C(C#N)C#N)sc21. The van der Waals surface area contributed by atoms with E-state index in [2.05, 4.69) is 133 Å². The zero-order valence-electron chi connectivity index (χ0n) is 60.2. The summed E-state index contributed by atoms with van der Waals surface area (Å²) < 4.78 is 2.61. The number of benzene rings is 2. The summed E-state index contributed by atoms with van der Waals surface area (Å²) in [5.74, 6) is 8.41. The highest BCUT2D eigenvalue weighted by Gasteiger charge is 2.46. The van der Waals surface area contributed by atoms with E-state index >= 15 is 0 Å². The van der Waals surface area contributed by atoms with Gasteiger partial charge in [0.05, 0.1) is 0 Å². The van der Waals surface area contributed by atoms with Crippen LogP contribution >= 0.6 is 70.1 Å². The van der Waals surface area contributed by atoms with Gasteiger partial charge in [-0.1, -0.05) is 234 Å². The molecule has 0 spiro atoms. The first-order chi connectivity index (χ1) is 46.6. The van der Waals surface area contributed by atoms with E-state index < -0.39 is 0 Å². The van der Waals surface area contributed by atoms with Gasteiger partial charge in [-0.25, -0.2) is 0 Å². The minimum absolute atomic E-state index is 0.0711. The van der Waals surface area contributed by atoms with Gasteiger partial charge in [0.1, 0.15) is 35.4 Å². The average Bonchev–Trinajstić information content (AvgIpc) is 1.58. The quantitative estimate of drug-likeness (QED) is 0.0418. The largest absolute Gasteiger partial charge is 0.289 e. The van der Waals surface area contributed by atoms with Crippen LogP contribution in [0.25, 0.3) is 22.8 Å². The molecule has 512 valence electrons. The molecule has 5 unspecified atom stereocenters. The molecule has 6 atom stereocenters. The van der Waals surface area contributed by atoms with Crippen LogP contribution in [-0.4, -0.2) is 34.6 Å². The van der Waals surface area contributed by atoms with Gasteiger partial charge in [-0.05, 0) is 166 Å². The molecule has 0 amide bonds. The lowest BCUT2D eigenvalue weighted by Gasteiger charge is -2.33. The molecule has 0 fully saturated rings. The van der Waals surface area contributed by atoms with Crippen LogP contribution in [0.3, 0.4) is 0 Å². The fourth-order valence-corrected chi connectivity index (χ4v) is 22.6. The highest BCUT2D eigenvalue weighted by Crippen LogP contribution is 2.64. The molecule has 1 aromatic heterocycles. The van der Waals surface area contributed by atoms with E-state index in [9.17, 15) is 30.6 Å². The Balaban J connectivity index is 1.37. The Kier molecular flexibility index (Phi) is 29.7. The van der Waals surface area contributed by atoms with Crippen molar-refractivity contribution in [1.82, 2.24) is 0 Å². The fraction of sp³-hybridized carbons (Fsp3) is 0.506. The van der Waals surface area contributed by atoms with Crippen LogP contribution in [0.4, 0.5) is 0 Å². The van der Waals surface area contributed by atoms with Crippen molar-refractivity contribution in [3.8, 4) is 24.3 Å². The Hall–Kier alpha value is -5.41. The van der Waals surface area contributed by atoms with Crippen LogP contribution in [0.1, 0.15) is 246 Å². The molecular formula is C85H104N4O2S6. The van der Waals surface area contributed by atoms with Gasteiger partial charge in [0.25, 0.3) is 0 Å². The Morgan fingerprint density at radius 1 is 0.495 bits per heavy atom. The third-order valence-corrected chi connectivity index (χ3v) is 27.0. The summed E-state index contributed by atoms with van der Waals surface area (Å²) in [6.07, 6.45) is 27.6. The number of hydrogen-bond acceptors (Lipinski definition) is 12. The first-order valence-electron chi connectivity index (χ1n) is 36.1. The number of carbonyl (C=O) groups excluding carboxylic acids is 2. The number of nitriles is 4. The summed E-state index contributed by atoms with van der Waals surface area (Å²) in [4.78, 5) is 33.6. The van der Waals surface area contributed by atoms with Crippen LogP contribution in [0.2, 0.25) is 0 Å². The standard InChI is InChI=1S/C85H104N4O2S6/c1-52(2)23-19-27-56(9)35-39-92-84(93-40-36-57(10)28-20-24-53(3)4)75-60(13)43-64(44-71-78(62(48-86)49-87)66-31-15-17-33-68(66)81(71)90)96-74-47-70-76(61(14)77(74)75)83-73(46-65(97-83)45-72-79(63(50-88)51-89)67-32-16-18-34-69(67)82(72)91)80(70)85(94-41-37-58(11)29-21-25-54(5)6)95-42-38-59(12)30-22-26-55(7)8/h15-18,31-34,43-47,52-59,61,76H,13,19-30,35-42H2,1-12,14H3/b71-44-,72-45-,84-75?,85-80?/t56?,57?,58?,59?,61-,76?/m0/s1. The van der Waals surface area contributed by atoms with Crippen molar-refractivity contribution in [1.29, 1.82) is 21.0 Å². The molecule has 2 aromatic carbocycles. The van der Waals surface area contributed by atoms with Crippen molar-refractivity contribution in [3.63, 3.8) is 0 Å². The molecule has 4 aliphatic carbocycles. The summed E-state index contributed by atoms with van der Waals surface area (Å²) in [7, 11) is 0. The monoisotopic (exact) mass is 1400 g/mol. The molecule has 0 radical (unpaired) electrons. The highest BCUT2D eigenvalue weighted by molar-refractivity contribution is 8.22. The van der Waals surface area contributed by atoms with Crippen molar-refractivity contribution in [2.45, 2.75) is 199 Å². The third kappa shape index (κ3) is 20.0. The van der Waals surface area contributed by atoms with E-state index in [1.807, 2.05) is 95.6 Å². The molecule has 5 aliphatic rings. The zero-order valence-corrected chi connectivity index (χ0v) is 65.1. The summed E-state index contributed by atoms with van der Waals surface area (Å²) in [6, 6.07) is 25.6. The molecule has 2 heterocycles. The Labute approximate surface area is 609 Å². The lowest BCUT2D eigenvalue weighted by atomic mass is 9.75. The minimum Gasteiger partial charge on any atom is -0.289 e. The van der Waals surface area contributed by atoms with Crippen LogP contribution in [0.5, 0.6) is 0 Å². The maximum absolute atomic E-state index is 14.8. The number of thiophene rings is 1. The Morgan fingerprint density at radius 2 is 0.876 bits per heavy atom. The van der Waals surface area contributed by atoms with Gasteiger partial charge in [-0.15, -0.1) is 58.4 Å². The minimum atomic E-state index is -0.206. The van der Waals surface area contributed by atoms with E-state index in [0.29, 0.717) is 91.9 Å². The van der Waals surface area contributed by atoms with E-state index in [4.69, 9.17) is 6.58 Å². The second-order valence-corrected chi connectivity index (χ2v) is 36.8. The first-order valence-corrected chi connectivity index (χ1v) is 41.7. The maximum atomic E-state index is 14.8. The topological polar surface area (TPSA) is 129 Å². The lowest BCUT2D eigenvalue weighted by molar-refractivity contribution is 0.103. The van der Waals surface area contributed by atoms with Crippen molar-refractivity contribution in [2.24, 2.45) is 53.3 Å². The molecule has 12 heteroatoms. The van der Waals surface area contributed by atoms with Crippen LogP contribution in [-0.2, 0) is 0 Å². The number of Topliss-reactive ketones (excluding diaryl/α,β-unsaturated/α-hetero) is 2. The van der Waals surface area contributed by atoms with Gasteiger partial charge < -0.3 is 0 Å². The molecule has 0 saturated carbocycles. The Morgan fingerprint density at radius 3 is 1.27 bits per heavy atom. The summed E-state index contributed by atoms with van der Waals surface area (Å²) >= 11 is 11.4. The Bertz CT molecular complexity index is 3790. The molecule has 3 aromatic rings. The van der Waals surface area contributed by atoms with Gasteiger partial charge in [-0.3, -0.25) is 9.59 Å². The number of thioether (sulfide) groups is 5. The predicted molar refractivity (Wildman–Crippen MR) is 424 cm³/mol. The highest BCUT2D eigenvalue weighted by atomic mass is 32.2. The molecule has 6 nitrogen and oxygen atoms in total. The summed E-state index contributed by atoms with van der Waals surface area (Å²) in [5.41, 5.74) is 10.5. The smallest absolute Gasteiger partial charge is 0.194 e. The van der Waals surface area contributed by atoms with Gasteiger partial charge in [0, 0.05) is 78.5 Å². The van der Waals surface area contributed by atoms with E-state index in [1.165, 1.54) is 113 Å². The lowest BCUT2D eigenvalue weighted by Crippen LogP contribution is -2.18. The third-order valence-electron chi connectivity index (χ3n) is 19.7. The van der Waals surface area contributed by atoms with Crippen LogP contribution in [0.15, 0.2) is 142 Å². The molecule has 97 heavy (non-hydrogen) atoms. The van der Waals surface area contributed by atoms with Crippen molar-refractivity contribution in [3.05, 3.63) is 180 Å². The second kappa shape index (κ2) is 37.3. The van der Waals surface area contributed by atoms with Crippen molar-refractivity contribution >= 4 is 105 Å². The van der Waals surface area contributed by atoms with Crippen LogP contribution < -0.4 is 0 Å². The maximum Gasteiger partial charge on any atom is 0.194 e. The molecule has 8 rings (SSSR count). The number of hydrogen-bond donors (Lipinski definition) is 0. The second-order valence-electron chi connectivity index (χ2n) is 29.7. The van der Waals surface area contributed by atoms with Gasteiger partial charge in [0.15, 0.2) is 11.6 Å². The van der Waals surface area contributed by atoms with E-state index in [0.717, 1.165) is 74.5 Å². The van der Waals surface area contributed by atoms with Gasteiger partial charge in [-0.2, -0.15) is 21.0 Å². The van der Waals surface area contributed by atoms with Crippen LogP contribution in [0, 0.1) is 98.6 Å². The number of allylic oxidation sites excluding steroid dienone is 14. The zero-order chi connectivity index (χ0) is 70.0. The molecule has 0 N–H and O–H groups in total. The van der Waals surface area contributed by atoms with Crippen molar-refractivity contribution < 1.29 is 9.59 Å². The molecule has 0 saturated heterocycles. The first kappa shape index (κ1) is 77.3. The number of rotatable bonds is 34.